The summed E-state index contributed by atoms with van der Waals surface area (Å²) in [6.45, 7) is 2.45. The highest BCUT2D eigenvalue weighted by molar-refractivity contribution is 5.96. The van der Waals surface area contributed by atoms with Crippen LogP contribution in [0.15, 0.2) is 18.2 Å². The Kier molecular flexibility index (Phi) is 7.14. The lowest BCUT2D eigenvalue weighted by atomic mass is 10.1. The second-order valence-electron chi connectivity index (χ2n) is 4.90. The van der Waals surface area contributed by atoms with Crippen LogP contribution in [0.3, 0.4) is 0 Å². The smallest absolute Gasteiger partial charge is 0.338 e. The van der Waals surface area contributed by atoms with E-state index >= 15 is 0 Å². The third-order valence-electron chi connectivity index (χ3n) is 3.40. The second-order valence-corrected chi connectivity index (χ2v) is 4.90. The fourth-order valence-corrected chi connectivity index (χ4v) is 2.22. The molecule has 1 heterocycles. The summed E-state index contributed by atoms with van der Waals surface area (Å²) in [5.74, 6) is -0.139. The summed E-state index contributed by atoms with van der Waals surface area (Å²) < 4.78 is 15.1. The summed E-state index contributed by atoms with van der Waals surface area (Å²) in [6, 6.07) is 4.57. The third-order valence-corrected chi connectivity index (χ3v) is 3.40. The van der Waals surface area contributed by atoms with E-state index in [4.69, 9.17) is 4.74 Å². The van der Waals surface area contributed by atoms with Crippen molar-refractivity contribution < 1.29 is 23.8 Å². The van der Waals surface area contributed by atoms with E-state index in [-0.39, 0.29) is 23.5 Å². The summed E-state index contributed by atoms with van der Waals surface area (Å²) in [4.78, 5) is 23.3. The van der Waals surface area contributed by atoms with Crippen LogP contribution in [-0.2, 0) is 9.47 Å². The van der Waals surface area contributed by atoms with Crippen molar-refractivity contribution in [2.24, 2.45) is 5.92 Å². The van der Waals surface area contributed by atoms with Gasteiger partial charge in [-0.05, 0) is 31.2 Å². The van der Waals surface area contributed by atoms with E-state index in [9.17, 15) is 9.59 Å². The second kappa shape index (κ2) is 8.60. The molecule has 1 atom stereocenters. The largest absolute Gasteiger partial charge is 0.493 e. The van der Waals surface area contributed by atoms with Gasteiger partial charge < -0.3 is 19.5 Å². The van der Waals surface area contributed by atoms with Crippen molar-refractivity contribution in [3.63, 3.8) is 0 Å². The summed E-state index contributed by atoms with van der Waals surface area (Å²) >= 11 is 0. The highest BCUT2D eigenvalue weighted by Gasteiger charge is 2.17. The normalized spacial score (nSPS) is 16.5. The Balaban J connectivity index is 0.00000242. The van der Waals surface area contributed by atoms with Crippen LogP contribution in [0.25, 0.3) is 0 Å². The fraction of sp³-hybridized carbons (Fsp3) is 0.467. The van der Waals surface area contributed by atoms with Crippen LogP contribution < -0.4 is 10.1 Å². The van der Waals surface area contributed by atoms with E-state index in [1.165, 1.54) is 20.3 Å². The number of nitrogens with one attached hydrogen (secondary N) is 1. The van der Waals surface area contributed by atoms with Crippen molar-refractivity contribution in [1.29, 1.82) is 0 Å². The van der Waals surface area contributed by atoms with Crippen molar-refractivity contribution in [3.05, 3.63) is 29.3 Å². The lowest BCUT2D eigenvalue weighted by Crippen LogP contribution is -2.16. The number of carbonyl (C=O) groups is 2. The maximum Gasteiger partial charge on any atom is 0.338 e. The summed E-state index contributed by atoms with van der Waals surface area (Å²) in [7, 11) is 2.58. The molecule has 122 valence electrons. The molecule has 7 heteroatoms. The Morgan fingerprint density at radius 2 is 1.73 bits per heavy atom. The topological polar surface area (TPSA) is 73.9 Å². The van der Waals surface area contributed by atoms with E-state index in [1.54, 1.807) is 12.1 Å². The van der Waals surface area contributed by atoms with E-state index in [0.717, 1.165) is 19.5 Å². The summed E-state index contributed by atoms with van der Waals surface area (Å²) in [5.41, 5.74) is 0.528. The molecule has 0 aliphatic carbocycles. The molecule has 1 saturated heterocycles. The van der Waals surface area contributed by atoms with Crippen molar-refractivity contribution in [2.45, 2.75) is 6.42 Å². The van der Waals surface area contributed by atoms with Crippen molar-refractivity contribution in [2.75, 3.05) is 33.9 Å². The maximum absolute atomic E-state index is 11.6. The highest BCUT2D eigenvalue weighted by atomic mass is 35.5. The lowest BCUT2D eigenvalue weighted by molar-refractivity contribution is 0.0598. The molecule has 0 aromatic heterocycles. The first-order valence-corrected chi connectivity index (χ1v) is 6.79. The zero-order chi connectivity index (χ0) is 15.2. The Hall–Kier alpha value is -1.79. The number of benzene rings is 1. The average molecular weight is 330 g/mol. The zero-order valence-corrected chi connectivity index (χ0v) is 13.4. The molecule has 1 aliphatic heterocycles. The quantitative estimate of drug-likeness (QED) is 0.828. The average Bonchev–Trinajstić information content (AvgIpc) is 3.04. The van der Waals surface area contributed by atoms with Crippen LogP contribution in [0, 0.1) is 5.92 Å². The van der Waals surface area contributed by atoms with Gasteiger partial charge >= 0.3 is 11.9 Å². The number of esters is 2. The van der Waals surface area contributed by atoms with Crippen molar-refractivity contribution in [3.8, 4) is 5.75 Å². The number of hydrogen-bond acceptors (Lipinski definition) is 6. The van der Waals surface area contributed by atoms with Crippen molar-refractivity contribution in [1.82, 2.24) is 5.32 Å². The molecule has 0 amide bonds. The van der Waals surface area contributed by atoms with E-state index < -0.39 is 11.9 Å². The maximum atomic E-state index is 11.6. The van der Waals surface area contributed by atoms with Gasteiger partial charge in [0.15, 0.2) is 0 Å². The van der Waals surface area contributed by atoms with Gasteiger partial charge in [-0.1, -0.05) is 0 Å². The van der Waals surface area contributed by atoms with Crippen molar-refractivity contribution >= 4 is 24.3 Å². The minimum Gasteiger partial charge on any atom is -0.493 e. The predicted molar refractivity (Wildman–Crippen MR) is 82.8 cm³/mol. The molecule has 1 aromatic rings. The Bertz CT molecular complexity index is 494. The number of carbonyl (C=O) groups excluding carboxylic acids is 2. The molecular weight excluding hydrogens is 310 g/mol. The molecule has 1 fully saturated rings. The summed E-state index contributed by atoms with van der Waals surface area (Å²) in [6.07, 6.45) is 1.06. The molecule has 0 spiro atoms. The first-order chi connectivity index (χ1) is 10.1. The van der Waals surface area contributed by atoms with Gasteiger partial charge in [0.1, 0.15) is 5.75 Å². The number of hydrogen-bond donors (Lipinski definition) is 1. The molecule has 0 saturated carbocycles. The number of ether oxygens (including phenoxy) is 3. The Labute approximate surface area is 135 Å². The molecule has 0 unspecified atom stereocenters. The van der Waals surface area contributed by atoms with Gasteiger partial charge in [0.25, 0.3) is 0 Å². The van der Waals surface area contributed by atoms with Crippen LogP contribution >= 0.6 is 12.4 Å². The van der Waals surface area contributed by atoms with Gasteiger partial charge in [-0.25, -0.2) is 9.59 Å². The standard InChI is InChI=1S/C15H19NO5.ClH/c1-19-14(17)11-5-12(15(18)20-2)7-13(6-11)21-9-10-3-4-16-8-10;/h5-7,10,16H,3-4,8-9H2,1-2H3;1H/t10-;/m1./s1. The Morgan fingerprint density at radius 1 is 1.14 bits per heavy atom. The molecule has 1 aromatic carbocycles. The molecular formula is C15H20ClNO5. The van der Waals surface area contributed by atoms with E-state index in [2.05, 4.69) is 14.8 Å². The minimum atomic E-state index is -0.520. The molecule has 6 nitrogen and oxygen atoms in total. The first-order valence-electron chi connectivity index (χ1n) is 6.79. The molecule has 0 radical (unpaired) electrons. The van der Waals surface area contributed by atoms with Gasteiger partial charge in [0.2, 0.25) is 0 Å². The van der Waals surface area contributed by atoms with Crippen LogP contribution in [0.1, 0.15) is 27.1 Å². The fourth-order valence-electron chi connectivity index (χ4n) is 2.22. The summed E-state index contributed by atoms with van der Waals surface area (Å²) in [5, 5.41) is 3.26. The van der Waals surface area contributed by atoms with Crippen LogP contribution in [0.2, 0.25) is 0 Å². The zero-order valence-electron chi connectivity index (χ0n) is 12.6. The molecule has 2 rings (SSSR count). The number of rotatable bonds is 5. The van der Waals surface area contributed by atoms with Gasteiger partial charge in [-0.3, -0.25) is 0 Å². The SMILES string of the molecule is COC(=O)c1cc(OC[C@@H]2CCNC2)cc(C(=O)OC)c1.Cl. The van der Waals surface area contributed by atoms with E-state index in [1.807, 2.05) is 0 Å². The van der Waals surface area contributed by atoms with Crippen LogP contribution in [0.4, 0.5) is 0 Å². The molecule has 22 heavy (non-hydrogen) atoms. The lowest BCUT2D eigenvalue weighted by Gasteiger charge is -2.12. The van der Waals surface area contributed by atoms with Crippen LogP contribution in [0.5, 0.6) is 5.75 Å². The Morgan fingerprint density at radius 3 is 2.18 bits per heavy atom. The van der Waals surface area contributed by atoms with E-state index in [0.29, 0.717) is 18.3 Å². The minimum absolute atomic E-state index is 0. The molecule has 0 bridgehead atoms. The first kappa shape index (κ1) is 18.3. The van der Waals surface area contributed by atoms with Gasteiger partial charge in [-0.15, -0.1) is 12.4 Å². The van der Waals surface area contributed by atoms with Gasteiger partial charge in [-0.2, -0.15) is 0 Å². The van der Waals surface area contributed by atoms with Gasteiger partial charge in [0, 0.05) is 12.5 Å². The monoisotopic (exact) mass is 329 g/mol. The highest BCUT2D eigenvalue weighted by Crippen LogP contribution is 2.20. The number of methoxy groups -OCH3 is 2. The molecule has 1 aliphatic rings. The third kappa shape index (κ3) is 4.61. The predicted octanol–water partition coefficient (Wildman–Crippen LogP) is 1.67. The number of halogens is 1. The van der Waals surface area contributed by atoms with Gasteiger partial charge in [0.05, 0.1) is 32.0 Å². The molecule has 1 N–H and O–H groups in total. The van der Waals surface area contributed by atoms with Crippen LogP contribution in [-0.4, -0.2) is 45.9 Å².